The first-order chi connectivity index (χ1) is 25.2. The van der Waals surface area contributed by atoms with E-state index >= 15 is 0 Å². The number of pyridine rings is 2. The van der Waals surface area contributed by atoms with Gasteiger partial charge in [-0.25, -0.2) is 20.0 Å². The van der Waals surface area contributed by atoms with E-state index in [4.69, 9.17) is 15.0 Å². The quantitative estimate of drug-likeness (QED) is 0.194. The van der Waals surface area contributed by atoms with Gasteiger partial charge in [-0.05, 0) is 110 Å². The van der Waals surface area contributed by atoms with Crippen molar-refractivity contribution < 1.29 is 0 Å². The van der Waals surface area contributed by atoms with E-state index < -0.39 is 0 Å². The van der Waals surface area contributed by atoms with Crippen LogP contribution in [0.1, 0.15) is 74.0 Å². The largest absolute Gasteiger partial charge is 0.371 e. The van der Waals surface area contributed by atoms with Gasteiger partial charge in [-0.3, -0.25) is 4.90 Å². The van der Waals surface area contributed by atoms with Gasteiger partial charge < -0.3 is 15.5 Å². The normalized spacial score (nSPS) is 18.5. The molecular weight excluding hydrogens is 631 g/mol. The van der Waals surface area contributed by atoms with E-state index in [2.05, 4.69) is 80.1 Å². The average Bonchev–Trinajstić information content (AvgIpc) is 3.19. The number of piperidine rings is 1. The van der Waals surface area contributed by atoms with Gasteiger partial charge in [0.05, 0.1) is 17.1 Å². The maximum Gasteiger partial charge on any atom is 0.238 e. The molecule has 2 fully saturated rings. The van der Waals surface area contributed by atoms with Crippen LogP contribution in [0.4, 0.5) is 28.7 Å². The number of benzene rings is 2. The number of hydrogen-bond donors (Lipinski definition) is 2. The molecule has 6 heterocycles. The Labute approximate surface area is 299 Å². The molecule has 9 heteroatoms. The Hall–Kier alpha value is -5.83. The summed E-state index contributed by atoms with van der Waals surface area (Å²) < 4.78 is 0. The Balaban J connectivity index is 1.12. The molecular formula is C42H41N9. The van der Waals surface area contributed by atoms with Crippen molar-refractivity contribution in [3.05, 3.63) is 138 Å². The number of allylic oxidation sites excluding steroid dienone is 4. The zero-order valence-electron chi connectivity index (χ0n) is 28.7. The highest BCUT2D eigenvalue weighted by Gasteiger charge is 2.31. The summed E-state index contributed by atoms with van der Waals surface area (Å²) in [5.74, 6) is 4.13. The number of aliphatic imine (C=N–C) groups is 3. The molecule has 0 bridgehead atoms. The minimum Gasteiger partial charge on any atom is -0.371 e. The zero-order chi connectivity index (χ0) is 34.0. The first kappa shape index (κ1) is 31.2. The van der Waals surface area contributed by atoms with Crippen molar-refractivity contribution in [2.75, 3.05) is 28.6 Å². The maximum absolute atomic E-state index is 5.24. The fourth-order valence-electron chi connectivity index (χ4n) is 7.73. The van der Waals surface area contributed by atoms with Crippen LogP contribution < -0.4 is 15.5 Å². The van der Waals surface area contributed by atoms with Crippen LogP contribution in [-0.2, 0) is 0 Å². The molecule has 0 amide bonds. The lowest BCUT2D eigenvalue weighted by atomic mass is 9.83. The van der Waals surface area contributed by atoms with Crippen LogP contribution in [0.5, 0.6) is 0 Å². The highest BCUT2D eigenvalue weighted by Crippen LogP contribution is 2.38. The van der Waals surface area contributed by atoms with Crippen molar-refractivity contribution in [3.8, 4) is 0 Å². The second kappa shape index (κ2) is 13.8. The smallest absolute Gasteiger partial charge is 0.238 e. The van der Waals surface area contributed by atoms with Gasteiger partial charge in [0.1, 0.15) is 17.5 Å². The third-order valence-electron chi connectivity index (χ3n) is 10.3. The highest BCUT2D eigenvalue weighted by molar-refractivity contribution is 6.22. The summed E-state index contributed by atoms with van der Waals surface area (Å²) >= 11 is 0. The van der Waals surface area contributed by atoms with Crippen LogP contribution in [-0.4, -0.2) is 45.5 Å². The van der Waals surface area contributed by atoms with Gasteiger partial charge in [0.2, 0.25) is 5.96 Å². The topological polar surface area (TPSA) is 93.4 Å². The number of nitrogens with one attached hydrogen (secondary N) is 2. The highest BCUT2D eigenvalue weighted by atomic mass is 15.4. The van der Waals surface area contributed by atoms with E-state index in [1.807, 2.05) is 53.6 Å². The summed E-state index contributed by atoms with van der Waals surface area (Å²) in [5.41, 5.74) is 8.19. The molecule has 4 aromatic rings. The Morgan fingerprint density at radius 3 is 2.14 bits per heavy atom. The van der Waals surface area contributed by atoms with Crippen LogP contribution in [0, 0.1) is 0 Å². The van der Waals surface area contributed by atoms with Crippen LogP contribution in [0.3, 0.4) is 0 Å². The molecule has 9 rings (SSSR count). The van der Waals surface area contributed by atoms with Gasteiger partial charge in [0.25, 0.3) is 0 Å². The predicted octanol–water partition coefficient (Wildman–Crippen LogP) is 9.22. The van der Waals surface area contributed by atoms with E-state index in [-0.39, 0.29) is 0 Å². The number of hydrogen-bond acceptors (Lipinski definition) is 9. The SMILES string of the molecule is C1=CC2=CC(c3ccc(C4CCCCC4)cc3Nc3ccccn3)=NC3=NC(c4ccc(N5CCCCC5)cc4Nc4ccccn4)=NC(=C1)N23. The Bertz CT molecular complexity index is 2010. The first-order valence-corrected chi connectivity index (χ1v) is 18.3. The molecule has 5 aliphatic rings. The molecule has 0 unspecified atom stereocenters. The van der Waals surface area contributed by atoms with Crippen molar-refractivity contribution in [3.63, 3.8) is 0 Å². The minimum absolute atomic E-state index is 0.574. The van der Waals surface area contributed by atoms with E-state index in [9.17, 15) is 0 Å². The van der Waals surface area contributed by atoms with Crippen LogP contribution >= 0.6 is 0 Å². The van der Waals surface area contributed by atoms with Gasteiger partial charge >= 0.3 is 0 Å². The van der Waals surface area contributed by atoms with Crippen LogP contribution in [0.15, 0.2) is 136 Å². The van der Waals surface area contributed by atoms with Gasteiger partial charge in [-0.2, -0.15) is 4.99 Å². The molecule has 254 valence electrons. The summed E-state index contributed by atoms with van der Waals surface area (Å²) in [6.45, 7) is 2.12. The van der Waals surface area contributed by atoms with E-state index in [0.29, 0.717) is 17.7 Å². The number of rotatable bonds is 8. The number of guanidine groups is 1. The third-order valence-corrected chi connectivity index (χ3v) is 10.3. The zero-order valence-corrected chi connectivity index (χ0v) is 28.7. The molecule has 0 radical (unpaired) electrons. The van der Waals surface area contributed by atoms with Crippen molar-refractivity contribution in [2.24, 2.45) is 15.0 Å². The molecule has 1 saturated heterocycles. The third kappa shape index (κ3) is 6.47. The first-order valence-electron chi connectivity index (χ1n) is 18.3. The summed E-state index contributed by atoms with van der Waals surface area (Å²) in [6.07, 6.45) is 22.0. The number of anilines is 5. The molecule has 2 aromatic carbocycles. The van der Waals surface area contributed by atoms with Crippen LogP contribution in [0.25, 0.3) is 0 Å². The molecule has 1 saturated carbocycles. The molecule has 51 heavy (non-hydrogen) atoms. The monoisotopic (exact) mass is 671 g/mol. The van der Waals surface area contributed by atoms with Crippen molar-refractivity contribution in [2.45, 2.75) is 57.3 Å². The number of aromatic nitrogens is 2. The second-order valence-corrected chi connectivity index (χ2v) is 13.7. The molecule has 2 N–H and O–H groups in total. The van der Waals surface area contributed by atoms with Gasteiger partial charge in [-0.15, -0.1) is 0 Å². The fourth-order valence-corrected chi connectivity index (χ4v) is 7.73. The maximum atomic E-state index is 5.24. The lowest BCUT2D eigenvalue weighted by Gasteiger charge is -2.33. The Morgan fingerprint density at radius 1 is 0.667 bits per heavy atom. The molecule has 2 aromatic heterocycles. The molecule has 4 aliphatic heterocycles. The molecule has 9 nitrogen and oxygen atoms in total. The van der Waals surface area contributed by atoms with E-state index in [1.54, 1.807) is 6.20 Å². The predicted molar refractivity (Wildman–Crippen MR) is 207 cm³/mol. The standard InChI is InChI=1S/C42H41N9/c1-3-12-29(13-4-1)30-18-20-33(35(26-30)45-38-15-5-7-22-43-38)36-28-32-14-11-17-40-48-41(49-42(47-36)51(32)40)34-21-19-31(50-24-9-2-10-25-50)27-37(34)46-39-16-6-8-23-44-39/h5-8,11,14-23,26-29H,1-4,9-10,12-13,24-25H2,(H,43,45)(H,44,46). The Morgan fingerprint density at radius 2 is 1.39 bits per heavy atom. The van der Waals surface area contributed by atoms with Gasteiger partial charge in [-0.1, -0.05) is 49.6 Å². The van der Waals surface area contributed by atoms with E-state index in [0.717, 1.165) is 64.5 Å². The summed E-state index contributed by atoms with van der Waals surface area (Å²) in [4.78, 5) is 29.2. The molecule has 1 aliphatic carbocycles. The van der Waals surface area contributed by atoms with Gasteiger partial charge in [0.15, 0.2) is 5.84 Å². The molecule has 0 spiro atoms. The Kier molecular flexibility index (Phi) is 8.45. The number of amidine groups is 1. The second-order valence-electron chi connectivity index (χ2n) is 13.7. The van der Waals surface area contributed by atoms with Gasteiger partial charge in [0, 0.05) is 48.0 Å². The fraction of sp³-hybridized carbons (Fsp3) is 0.262. The van der Waals surface area contributed by atoms with Crippen molar-refractivity contribution in [1.82, 2.24) is 14.9 Å². The van der Waals surface area contributed by atoms with E-state index in [1.165, 1.54) is 62.6 Å². The van der Waals surface area contributed by atoms with Crippen molar-refractivity contribution >= 4 is 46.2 Å². The van der Waals surface area contributed by atoms with Crippen molar-refractivity contribution in [1.29, 1.82) is 0 Å². The summed E-state index contributed by atoms with van der Waals surface area (Å²) in [7, 11) is 0. The minimum atomic E-state index is 0.574. The lowest BCUT2D eigenvalue weighted by molar-refractivity contribution is 0.444. The average molecular weight is 672 g/mol. The van der Waals surface area contributed by atoms with Crippen LogP contribution in [0.2, 0.25) is 0 Å². The lowest BCUT2D eigenvalue weighted by Crippen LogP contribution is -2.36. The summed E-state index contributed by atoms with van der Waals surface area (Å²) in [5, 5.41) is 7.21. The molecule has 0 atom stereocenters. The number of nitrogens with zero attached hydrogens (tertiary/aromatic N) is 7. The summed E-state index contributed by atoms with van der Waals surface area (Å²) in [6, 6.07) is 25.2.